The summed E-state index contributed by atoms with van der Waals surface area (Å²) in [7, 11) is 1.81. The third-order valence-corrected chi connectivity index (χ3v) is 3.68. The second-order valence-electron chi connectivity index (χ2n) is 5.75. The summed E-state index contributed by atoms with van der Waals surface area (Å²) in [5, 5.41) is 2.98. The minimum absolute atomic E-state index is 0.272. The summed E-state index contributed by atoms with van der Waals surface area (Å²) >= 11 is 0. The van der Waals surface area contributed by atoms with Crippen LogP contribution in [0.4, 0.5) is 11.9 Å². The van der Waals surface area contributed by atoms with E-state index in [1.54, 1.807) is 0 Å². The molecule has 0 spiro atoms. The molecule has 1 N–H and O–H groups in total. The molecule has 112 valence electrons. The summed E-state index contributed by atoms with van der Waals surface area (Å²) in [6.07, 6.45) is 4.56. The molecule has 0 saturated carbocycles. The van der Waals surface area contributed by atoms with Gasteiger partial charge in [-0.2, -0.15) is 15.0 Å². The van der Waals surface area contributed by atoms with Crippen molar-refractivity contribution in [3.8, 4) is 6.01 Å². The van der Waals surface area contributed by atoms with Gasteiger partial charge in [-0.15, -0.1) is 0 Å². The number of anilines is 2. The van der Waals surface area contributed by atoms with Gasteiger partial charge in [-0.05, 0) is 39.5 Å². The Morgan fingerprint density at radius 1 is 1.15 bits per heavy atom. The van der Waals surface area contributed by atoms with E-state index in [1.807, 2.05) is 20.9 Å². The standard InChI is InChI=1S/C14H25N5O/c1-5-14(2,3)20-13-17-11(15-4)16-12(18-13)19-9-7-6-8-10-19/h5-10H2,1-4H3,(H,15,16,17,18). The monoisotopic (exact) mass is 279 g/mol. The fourth-order valence-corrected chi connectivity index (χ4v) is 2.06. The molecule has 0 amide bonds. The van der Waals surface area contributed by atoms with Crippen LogP contribution >= 0.6 is 0 Å². The zero-order valence-corrected chi connectivity index (χ0v) is 12.9. The topological polar surface area (TPSA) is 63.2 Å². The van der Waals surface area contributed by atoms with Gasteiger partial charge in [-0.25, -0.2) is 0 Å². The summed E-state index contributed by atoms with van der Waals surface area (Å²) < 4.78 is 5.90. The average molecular weight is 279 g/mol. The van der Waals surface area contributed by atoms with Gasteiger partial charge in [0.25, 0.3) is 0 Å². The normalized spacial score (nSPS) is 16.1. The fourth-order valence-electron chi connectivity index (χ4n) is 2.06. The molecule has 2 heterocycles. The van der Waals surface area contributed by atoms with Crippen molar-refractivity contribution in [2.24, 2.45) is 0 Å². The van der Waals surface area contributed by atoms with Gasteiger partial charge in [0.05, 0.1) is 0 Å². The minimum atomic E-state index is -0.272. The molecule has 0 atom stereocenters. The molecular weight excluding hydrogens is 254 g/mol. The van der Waals surface area contributed by atoms with Gasteiger partial charge in [0.15, 0.2) is 0 Å². The maximum absolute atomic E-state index is 5.90. The molecule has 1 aliphatic rings. The molecule has 0 radical (unpaired) electrons. The van der Waals surface area contributed by atoms with Crippen LogP contribution < -0.4 is 15.0 Å². The van der Waals surface area contributed by atoms with Crippen molar-refractivity contribution in [3.63, 3.8) is 0 Å². The Balaban J connectivity index is 2.23. The Hall–Kier alpha value is -1.59. The van der Waals surface area contributed by atoms with Gasteiger partial charge in [0.2, 0.25) is 11.9 Å². The van der Waals surface area contributed by atoms with Gasteiger partial charge < -0.3 is 15.0 Å². The summed E-state index contributed by atoms with van der Waals surface area (Å²) in [6.45, 7) is 8.17. The largest absolute Gasteiger partial charge is 0.457 e. The number of nitrogens with zero attached hydrogens (tertiary/aromatic N) is 4. The van der Waals surface area contributed by atoms with E-state index in [4.69, 9.17) is 4.74 Å². The quantitative estimate of drug-likeness (QED) is 0.893. The lowest BCUT2D eigenvalue weighted by molar-refractivity contribution is 0.0925. The van der Waals surface area contributed by atoms with Gasteiger partial charge in [0, 0.05) is 20.1 Å². The summed E-state index contributed by atoms with van der Waals surface area (Å²) in [4.78, 5) is 15.4. The molecule has 1 saturated heterocycles. The van der Waals surface area contributed by atoms with Crippen LogP contribution in [0.25, 0.3) is 0 Å². The highest BCUT2D eigenvalue weighted by Gasteiger charge is 2.21. The molecule has 1 aliphatic heterocycles. The Labute approximate surface area is 121 Å². The molecule has 6 nitrogen and oxygen atoms in total. The van der Waals surface area contributed by atoms with Crippen LogP contribution in [0, 0.1) is 0 Å². The fraction of sp³-hybridized carbons (Fsp3) is 0.786. The molecule has 1 aromatic heterocycles. The second kappa shape index (κ2) is 6.24. The third kappa shape index (κ3) is 3.71. The van der Waals surface area contributed by atoms with Crippen LogP contribution in [0.1, 0.15) is 46.5 Å². The molecule has 2 rings (SSSR count). The Bertz CT molecular complexity index is 443. The number of rotatable bonds is 5. The molecule has 1 fully saturated rings. The van der Waals surface area contributed by atoms with E-state index < -0.39 is 0 Å². The molecule has 0 aromatic carbocycles. The zero-order chi connectivity index (χ0) is 14.6. The van der Waals surface area contributed by atoms with Gasteiger partial charge >= 0.3 is 6.01 Å². The van der Waals surface area contributed by atoms with Crippen molar-refractivity contribution in [2.75, 3.05) is 30.4 Å². The zero-order valence-electron chi connectivity index (χ0n) is 12.9. The van der Waals surface area contributed by atoms with Crippen molar-refractivity contribution < 1.29 is 4.74 Å². The van der Waals surface area contributed by atoms with Crippen molar-refractivity contribution >= 4 is 11.9 Å². The summed E-state index contributed by atoms with van der Waals surface area (Å²) in [6, 6.07) is 0.400. The highest BCUT2D eigenvalue weighted by molar-refractivity contribution is 5.38. The Morgan fingerprint density at radius 3 is 2.45 bits per heavy atom. The van der Waals surface area contributed by atoms with E-state index in [2.05, 4.69) is 32.1 Å². The molecule has 0 unspecified atom stereocenters. The lowest BCUT2D eigenvalue weighted by Crippen LogP contribution is -2.32. The number of aromatic nitrogens is 3. The third-order valence-electron chi connectivity index (χ3n) is 3.68. The van der Waals surface area contributed by atoms with Gasteiger partial charge in [0.1, 0.15) is 5.60 Å². The first-order chi connectivity index (χ1) is 9.54. The summed E-state index contributed by atoms with van der Waals surface area (Å²) in [5.41, 5.74) is -0.272. The van der Waals surface area contributed by atoms with Crippen LogP contribution in [-0.4, -0.2) is 40.7 Å². The van der Waals surface area contributed by atoms with Crippen LogP contribution in [0.5, 0.6) is 6.01 Å². The van der Waals surface area contributed by atoms with Crippen molar-refractivity contribution in [1.29, 1.82) is 0 Å². The SMILES string of the molecule is CCC(C)(C)Oc1nc(NC)nc(N2CCCCC2)n1. The van der Waals surface area contributed by atoms with Crippen LogP contribution in [0.2, 0.25) is 0 Å². The van der Waals surface area contributed by atoms with Crippen LogP contribution in [0.3, 0.4) is 0 Å². The first-order valence-corrected chi connectivity index (χ1v) is 7.42. The Morgan fingerprint density at radius 2 is 1.85 bits per heavy atom. The van der Waals surface area contributed by atoms with E-state index in [0.29, 0.717) is 17.9 Å². The molecular formula is C14H25N5O. The van der Waals surface area contributed by atoms with Crippen molar-refractivity contribution in [1.82, 2.24) is 15.0 Å². The number of ether oxygens (including phenoxy) is 1. The highest BCUT2D eigenvalue weighted by Crippen LogP contribution is 2.22. The van der Waals surface area contributed by atoms with Gasteiger partial charge in [-0.3, -0.25) is 0 Å². The van der Waals surface area contributed by atoms with E-state index >= 15 is 0 Å². The van der Waals surface area contributed by atoms with Crippen LogP contribution in [0.15, 0.2) is 0 Å². The van der Waals surface area contributed by atoms with Crippen molar-refractivity contribution in [2.45, 2.75) is 52.1 Å². The Kier molecular flexibility index (Phi) is 4.62. The van der Waals surface area contributed by atoms with E-state index in [0.717, 1.165) is 19.5 Å². The number of nitrogens with one attached hydrogen (secondary N) is 1. The molecule has 1 aromatic rings. The lowest BCUT2D eigenvalue weighted by Gasteiger charge is -2.28. The maximum atomic E-state index is 5.90. The number of hydrogen-bond acceptors (Lipinski definition) is 6. The van der Waals surface area contributed by atoms with Gasteiger partial charge in [-0.1, -0.05) is 6.92 Å². The molecule has 0 aliphatic carbocycles. The van der Waals surface area contributed by atoms with E-state index in [9.17, 15) is 0 Å². The first-order valence-electron chi connectivity index (χ1n) is 7.42. The first kappa shape index (κ1) is 14.8. The number of piperidine rings is 1. The predicted molar refractivity (Wildman–Crippen MR) is 80.4 cm³/mol. The average Bonchev–Trinajstić information content (AvgIpc) is 2.47. The van der Waals surface area contributed by atoms with E-state index in [-0.39, 0.29) is 5.60 Å². The smallest absolute Gasteiger partial charge is 0.323 e. The van der Waals surface area contributed by atoms with Crippen LogP contribution in [-0.2, 0) is 0 Å². The predicted octanol–water partition coefficient (Wildman–Crippen LogP) is 2.47. The second-order valence-corrected chi connectivity index (χ2v) is 5.75. The molecule has 20 heavy (non-hydrogen) atoms. The highest BCUT2D eigenvalue weighted by atomic mass is 16.5. The molecule has 0 bridgehead atoms. The minimum Gasteiger partial charge on any atom is -0.457 e. The maximum Gasteiger partial charge on any atom is 0.323 e. The molecule has 6 heteroatoms. The van der Waals surface area contributed by atoms with E-state index in [1.165, 1.54) is 19.3 Å². The summed E-state index contributed by atoms with van der Waals surface area (Å²) in [5.74, 6) is 1.27. The number of hydrogen-bond donors (Lipinski definition) is 1. The lowest BCUT2D eigenvalue weighted by atomic mass is 10.1. The van der Waals surface area contributed by atoms with Crippen molar-refractivity contribution in [3.05, 3.63) is 0 Å².